The minimum absolute atomic E-state index is 0.127. The number of benzene rings is 1. The topological polar surface area (TPSA) is 33.4 Å². The fraction of sp³-hybridized carbons (Fsp3) is 0.0909. The van der Waals surface area contributed by atoms with E-state index in [1.54, 1.807) is 6.07 Å². The fourth-order valence-corrected chi connectivity index (χ4v) is 1.34. The van der Waals surface area contributed by atoms with E-state index in [0.717, 1.165) is 18.2 Å². The third kappa shape index (κ3) is 2.05. The van der Waals surface area contributed by atoms with Crippen molar-refractivity contribution in [3.05, 3.63) is 59.6 Å². The van der Waals surface area contributed by atoms with Gasteiger partial charge in [0, 0.05) is 6.07 Å². The number of aliphatic hydroxyl groups excluding tert-OH is 1. The highest BCUT2D eigenvalue weighted by Crippen LogP contribution is 2.23. The highest BCUT2D eigenvalue weighted by atomic mass is 19.1. The molecule has 2 aromatic rings. The Kier molecular flexibility index (Phi) is 2.51. The highest BCUT2D eigenvalue weighted by Gasteiger charge is 2.14. The first-order chi connectivity index (χ1) is 7.16. The summed E-state index contributed by atoms with van der Waals surface area (Å²) in [6.07, 6.45) is 0.235. The highest BCUT2D eigenvalue weighted by molar-refractivity contribution is 5.25. The molecule has 0 aliphatic heterocycles. The Morgan fingerprint density at radius 2 is 1.80 bits per heavy atom. The predicted octanol–water partition coefficient (Wildman–Crippen LogP) is 2.64. The molecule has 0 radical (unpaired) electrons. The van der Waals surface area contributed by atoms with Crippen molar-refractivity contribution in [3.8, 4) is 0 Å². The molecule has 0 fully saturated rings. The third-order valence-electron chi connectivity index (χ3n) is 2.01. The molecule has 2 nitrogen and oxygen atoms in total. The summed E-state index contributed by atoms with van der Waals surface area (Å²) in [7, 11) is 0. The lowest BCUT2D eigenvalue weighted by molar-refractivity contribution is 0.188. The standard InChI is InChI=1S/C11H8F2O2/c12-8-4-7(5-9(13)6-8)11(14)10-2-1-3-15-10/h1-6,11,14H/t11-/m1/s1. The van der Waals surface area contributed by atoms with Crippen LogP contribution >= 0.6 is 0 Å². The van der Waals surface area contributed by atoms with Gasteiger partial charge in [-0.2, -0.15) is 0 Å². The van der Waals surface area contributed by atoms with Crippen LogP contribution in [-0.2, 0) is 0 Å². The first kappa shape index (κ1) is 9.86. The van der Waals surface area contributed by atoms with E-state index in [9.17, 15) is 13.9 Å². The molecule has 1 atom stereocenters. The van der Waals surface area contributed by atoms with Crippen molar-refractivity contribution in [2.75, 3.05) is 0 Å². The van der Waals surface area contributed by atoms with Crippen LogP contribution in [0.25, 0.3) is 0 Å². The van der Waals surface area contributed by atoms with Crippen molar-refractivity contribution >= 4 is 0 Å². The SMILES string of the molecule is O[C@H](c1cc(F)cc(F)c1)c1ccco1. The summed E-state index contributed by atoms with van der Waals surface area (Å²) in [6, 6.07) is 6.01. The van der Waals surface area contributed by atoms with Crippen LogP contribution in [-0.4, -0.2) is 5.11 Å². The molecule has 0 bridgehead atoms. The summed E-state index contributed by atoms with van der Waals surface area (Å²) < 4.78 is 30.6. The van der Waals surface area contributed by atoms with Crippen LogP contribution in [0.4, 0.5) is 8.78 Å². The van der Waals surface area contributed by atoms with Gasteiger partial charge in [-0.25, -0.2) is 8.78 Å². The third-order valence-corrected chi connectivity index (χ3v) is 2.01. The number of rotatable bonds is 2. The minimum atomic E-state index is -1.15. The summed E-state index contributed by atoms with van der Waals surface area (Å²) >= 11 is 0. The Labute approximate surface area is 84.8 Å². The van der Waals surface area contributed by atoms with Gasteiger partial charge in [-0.05, 0) is 29.8 Å². The van der Waals surface area contributed by atoms with E-state index in [1.165, 1.54) is 12.3 Å². The lowest BCUT2D eigenvalue weighted by Gasteiger charge is -2.07. The lowest BCUT2D eigenvalue weighted by atomic mass is 10.1. The van der Waals surface area contributed by atoms with Gasteiger partial charge in [0.1, 0.15) is 23.5 Å². The maximum absolute atomic E-state index is 12.8. The van der Waals surface area contributed by atoms with E-state index < -0.39 is 17.7 Å². The Morgan fingerprint density at radius 3 is 2.33 bits per heavy atom. The van der Waals surface area contributed by atoms with Crippen LogP contribution in [0.15, 0.2) is 41.0 Å². The average Bonchev–Trinajstić information content (AvgIpc) is 2.67. The van der Waals surface area contributed by atoms with E-state index in [-0.39, 0.29) is 11.3 Å². The van der Waals surface area contributed by atoms with Crippen molar-refractivity contribution in [2.24, 2.45) is 0 Å². The van der Waals surface area contributed by atoms with Crippen LogP contribution in [0.5, 0.6) is 0 Å². The maximum Gasteiger partial charge on any atom is 0.137 e. The molecule has 0 amide bonds. The molecule has 1 aromatic heterocycles. The Hall–Kier alpha value is -1.68. The number of hydrogen-bond acceptors (Lipinski definition) is 2. The van der Waals surface area contributed by atoms with Gasteiger partial charge in [0.25, 0.3) is 0 Å². The van der Waals surface area contributed by atoms with Crippen LogP contribution in [0.2, 0.25) is 0 Å². The van der Waals surface area contributed by atoms with Crippen molar-refractivity contribution in [3.63, 3.8) is 0 Å². The molecule has 78 valence electrons. The molecule has 0 saturated heterocycles. The average molecular weight is 210 g/mol. The number of furan rings is 1. The molecule has 4 heteroatoms. The summed E-state index contributed by atoms with van der Waals surface area (Å²) in [4.78, 5) is 0. The molecular formula is C11H8F2O2. The predicted molar refractivity (Wildman–Crippen MR) is 49.1 cm³/mol. The van der Waals surface area contributed by atoms with Crippen molar-refractivity contribution in [2.45, 2.75) is 6.10 Å². The summed E-state index contributed by atoms with van der Waals surface area (Å²) in [6.45, 7) is 0. The van der Waals surface area contributed by atoms with Gasteiger partial charge in [0.2, 0.25) is 0 Å². The van der Waals surface area contributed by atoms with Gasteiger partial charge in [-0.1, -0.05) is 0 Å². The fourth-order valence-electron chi connectivity index (χ4n) is 1.34. The first-order valence-corrected chi connectivity index (χ1v) is 4.34. The second-order valence-electron chi connectivity index (χ2n) is 3.12. The zero-order chi connectivity index (χ0) is 10.8. The number of aliphatic hydroxyl groups is 1. The summed E-state index contributed by atoms with van der Waals surface area (Å²) in [5.41, 5.74) is 0.127. The monoisotopic (exact) mass is 210 g/mol. The zero-order valence-electron chi connectivity index (χ0n) is 7.65. The molecular weight excluding hydrogens is 202 g/mol. The Balaban J connectivity index is 2.37. The normalized spacial score (nSPS) is 12.7. The van der Waals surface area contributed by atoms with Crippen LogP contribution in [0.1, 0.15) is 17.4 Å². The van der Waals surface area contributed by atoms with Gasteiger partial charge < -0.3 is 9.52 Å². The van der Waals surface area contributed by atoms with Gasteiger partial charge in [0.15, 0.2) is 0 Å². The maximum atomic E-state index is 12.8. The van der Waals surface area contributed by atoms with E-state index >= 15 is 0 Å². The molecule has 0 saturated carbocycles. The van der Waals surface area contributed by atoms with Crippen molar-refractivity contribution in [1.29, 1.82) is 0 Å². The van der Waals surface area contributed by atoms with Gasteiger partial charge in [-0.15, -0.1) is 0 Å². The van der Waals surface area contributed by atoms with E-state index in [4.69, 9.17) is 4.42 Å². The van der Waals surface area contributed by atoms with Gasteiger partial charge >= 0.3 is 0 Å². The zero-order valence-corrected chi connectivity index (χ0v) is 7.65. The Morgan fingerprint density at radius 1 is 1.13 bits per heavy atom. The lowest BCUT2D eigenvalue weighted by Crippen LogP contribution is -1.99. The molecule has 0 unspecified atom stereocenters. The second-order valence-corrected chi connectivity index (χ2v) is 3.12. The van der Waals surface area contributed by atoms with Crippen LogP contribution < -0.4 is 0 Å². The smallest absolute Gasteiger partial charge is 0.137 e. The molecule has 1 heterocycles. The van der Waals surface area contributed by atoms with Crippen LogP contribution in [0, 0.1) is 11.6 Å². The largest absolute Gasteiger partial charge is 0.466 e. The molecule has 1 N–H and O–H groups in total. The Bertz CT molecular complexity index is 431. The first-order valence-electron chi connectivity index (χ1n) is 4.34. The molecule has 0 aliphatic carbocycles. The number of hydrogen-bond donors (Lipinski definition) is 1. The minimum Gasteiger partial charge on any atom is -0.466 e. The quantitative estimate of drug-likeness (QED) is 0.826. The van der Waals surface area contributed by atoms with E-state index in [1.807, 2.05) is 0 Å². The molecule has 1 aromatic carbocycles. The molecule has 15 heavy (non-hydrogen) atoms. The van der Waals surface area contributed by atoms with Crippen molar-refractivity contribution < 1.29 is 18.3 Å². The molecule has 2 rings (SSSR count). The molecule has 0 aliphatic rings. The van der Waals surface area contributed by atoms with E-state index in [0.29, 0.717) is 0 Å². The van der Waals surface area contributed by atoms with Gasteiger partial charge in [-0.3, -0.25) is 0 Å². The van der Waals surface area contributed by atoms with Crippen molar-refractivity contribution in [1.82, 2.24) is 0 Å². The van der Waals surface area contributed by atoms with Crippen LogP contribution in [0.3, 0.4) is 0 Å². The number of halogens is 2. The second kappa shape index (κ2) is 3.82. The summed E-state index contributed by atoms with van der Waals surface area (Å²) in [5.74, 6) is -1.20. The van der Waals surface area contributed by atoms with E-state index in [2.05, 4.69) is 0 Å². The molecule has 0 spiro atoms. The van der Waals surface area contributed by atoms with Gasteiger partial charge in [0.05, 0.1) is 6.26 Å². The summed E-state index contributed by atoms with van der Waals surface area (Å²) in [5, 5.41) is 9.70.